The van der Waals surface area contributed by atoms with Crippen LogP contribution in [-0.2, 0) is 17.1 Å². The van der Waals surface area contributed by atoms with Gasteiger partial charge in [0.25, 0.3) is 0 Å². The number of benzene rings is 4. The van der Waals surface area contributed by atoms with Crippen LogP contribution >= 0.6 is 0 Å². The summed E-state index contributed by atoms with van der Waals surface area (Å²) in [4.78, 5) is 13.7. The molecular formula is C34H32O4. The van der Waals surface area contributed by atoms with Crippen LogP contribution in [-0.4, -0.2) is 5.97 Å². The smallest absolute Gasteiger partial charge is 0.346 e. The summed E-state index contributed by atoms with van der Waals surface area (Å²) in [5.74, 6) is -0.771. The fourth-order valence-electron chi connectivity index (χ4n) is 4.66. The molecule has 0 aromatic heterocycles. The van der Waals surface area contributed by atoms with E-state index in [0.717, 1.165) is 41.5 Å². The summed E-state index contributed by atoms with van der Waals surface area (Å²) in [5.41, 5.74) is 3.66. The fraction of sp³-hybridized carbons (Fsp3) is 0.206. The van der Waals surface area contributed by atoms with Gasteiger partial charge in [0.1, 0.15) is 23.7 Å². The maximum atomic E-state index is 13.7. The SMILES string of the molecule is CCCCC/C=C\c1cc(OCc2ccccc2)cc2c1C(=O)OC(c1ccccc1)(c1ccccc1)O2. The van der Waals surface area contributed by atoms with Gasteiger partial charge in [0.05, 0.1) is 0 Å². The standard InChI is InChI=1S/C34H32O4/c1-2-3-4-5-11-18-27-23-30(36-25-26-16-9-6-10-17-26)24-31-32(27)33(35)38-34(37-31,28-19-12-7-13-20-28)29-21-14-8-15-22-29/h6-24H,2-5,25H2,1H3/b18-11-. The van der Waals surface area contributed by atoms with E-state index in [0.29, 0.717) is 23.7 Å². The highest BCUT2D eigenvalue weighted by atomic mass is 16.7. The van der Waals surface area contributed by atoms with Crippen molar-refractivity contribution in [1.29, 1.82) is 0 Å². The number of unbranched alkanes of at least 4 members (excludes halogenated alkanes) is 3. The molecule has 0 saturated heterocycles. The second kappa shape index (κ2) is 11.8. The average Bonchev–Trinajstić information content (AvgIpc) is 2.97. The van der Waals surface area contributed by atoms with Gasteiger partial charge in [0.15, 0.2) is 0 Å². The zero-order valence-corrected chi connectivity index (χ0v) is 21.6. The van der Waals surface area contributed by atoms with Crippen LogP contribution in [0.3, 0.4) is 0 Å². The summed E-state index contributed by atoms with van der Waals surface area (Å²) in [6.45, 7) is 2.60. The van der Waals surface area contributed by atoms with Crippen molar-refractivity contribution in [2.45, 2.75) is 45.0 Å². The number of carbonyl (C=O) groups is 1. The molecule has 0 bridgehead atoms. The number of cyclic esters (lactones) is 1. The van der Waals surface area contributed by atoms with Gasteiger partial charge in [0, 0.05) is 17.2 Å². The van der Waals surface area contributed by atoms with Crippen LogP contribution in [0.4, 0.5) is 0 Å². The molecule has 0 N–H and O–H groups in total. The topological polar surface area (TPSA) is 44.8 Å². The summed E-state index contributed by atoms with van der Waals surface area (Å²) in [5, 5.41) is 0. The molecule has 0 saturated carbocycles. The number of hydrogen-bond acceptors (Lipinski definition) is 4. The Morgan fingerprint density at radius 2 is 1.42 bits per heavy atom. The normalized spacial score (nSPS) is 14.0. The van der Waals surface area contributed by atoms with Crippen LogP contribution in [0.2, 0.25) is 0 Å². The molecule has 0 atom stereocenters. The van der Waals surface area contributed by atoms with E-state index < -0.39 is 11.8 Å². The minimum Gasteiger partial charge on any atom is -0.489 e. The Hall–Kier alpha value is -4.31. The Morgan fingerprint density at radius 3 is 2.05 bits per heavy atom. The van der Waals surface area contributed by atoms with Gasteiger partial charge >= 0.3 is 11.8 Å². The summed E-state index contributed by atoms with van der Waals surface area (Å²) in [6, 6.07) is 32.9. The third-order valence-electron chi connectivity index (χ3n) is 6.63. The highest BCUT2D eigenvalue weighted by molar-refractivity contribution is 5.98. The molecule has 1 aliphatic heterocycles. The maximum absolute atomic E-state index is 13.7. The molecule has 1 heterocycles. The van der Waals surface area contributed by atoms with Crippen LogP contribution in [0.25, 0.3) is 6.08 Å². The molecule has 0 fully saturated rings. The Balaban J connectivity index is 1.57. The second-order valence-electron chi connectivity index (χ2n) is 9.40. The van der Waals surface area contributed by atoms with Gasteiger partial charge in [-0.3, -0.25) is 0 Å². The predicted molar refractivity (Wildman–Crippen MR) is 150 cm³/mol. The molecule has 38 heavy (non-hydrogen) atoms. The van der Waals surface area contributed by atoms with E-state index in [2.05, 4.69) is 13.0 Å². The molecule has 0 radical (unpaired) electrons. The molecule has 5 rings (SSSR count). The van der Waals surface area contributed by atoms with Crippen molar-refractivity contribution in [2.24, 2.45) is 0 Å². The first kappa shape index (κ1) is 25.3. The van der Waals surface area contributed by atoms with E-state index in [-0.39, 0.29) is 0 Å². The minimum absolute atomic E-state index is 0.409. The molecule has 4 aromatic rings. The minimum atomic E-state index is -1.41. The number of carbonyl (C=O) groups excluding carboxylic acids is 1. The van der Waals surface area contributed by atoms with E-state index in [4.69, 9.17) is 14.2 Å². The Bertz CT molecular complexity index is 1340. The van der Waals surface area contributed by atoms with Crippen LogP contribution < -0.4 is 9.47 Å². The number of allylic oxidation sites excluding steroid dienone is 1. The van der Waals surface area contributed by atoms with E-state index in [1.165, 1.54) is 6.42 Å². The molecule has 4 nitrogen and oxygen atoms in total. The summed E-state index contributed by atoms with van der Waals surface area (Å²) in [7, 11) is 0. The first-order valence-electron chi connectivity index (χ1n) is 13.2. The number of fused-ring (bicyclic) bond motifs is 1. The van der Waals surface area contributed by atoms with Crippen molar-refractivity contribution in [3.8, 4) is 11.5 Å². The highest BCUT2D eigenvalue weighted by Gasteiger charge is 2.46. The van der Waals surface area contributed by atoms with Crippen LogP contribution in [0, 0.1) is 0 Å². The number of esters is 1. The van der Waals surface area contributed by atoms with Gasteiger partial charge in [-0.2, -0.15) is 0 Å². The first-order chi connectivity index (χ1) is 18.7. The van der Waals surface area contributed by atoms with Gasteiger partial charge in [-0.15, -0.1) is 0 Å². The lowest BCUT2D eigenvalue weighted by molar-refractivity contribution is -0.131. The number of ether oxygens (including phenoxy) is 3. The Morgan fingerprint density at radius 1 is 0.789 bits per heavy atom. The first-order valence-corrected chi connectivity index (χ1v) is 13.2. The Kier molecular flexibility index (Phi) is 7.89. The van der Waals surface area contributed by atoms with E-state index in [1.807, 2.05) is 103 Å². The van der Waals surface area contributed by atoms with Crippen LogP contribution in [0.5, 0.6) is 11.5 Å². The average molecular weight is 505 g/mol. The van der Waals surface area contributed by atoms with Crippen LogP contribution in [0.1, 0.15) is 65.2 Å². The second-order valence-corrected chi connectivity index (χ2v) is 9.40. The zero-order chi connectivity index (χ0) is 26.2. The molecular weight excluding hydrogens is 472 g/mol. The van der Waals surface area contributed by atoms with Crippen molar-refractivity contribution in [3.05, 3.63) is 137 Å². The number of rotatable bonds is 10. The highest BCUT2D eigenvalue weighted by Crippen LogP contribution is 2.45. The monoisotopic (exact) mass is 504 g/mol. The summed E-state index contributed by atoms with van der Waals surface area (Å²) < 4.78 is 19.1. The molecule has 4 heteroatoms. The molecule has 4 aromatic carbocycles. The molecule has 0 spiro atoms. The third kappa shape index (κ3) is 5.50. The van der Waals surface area contributed by atoms with Crippen molar-refractivity contribution in [3.63, 3.8) is 0 Å². The van der Waals surface area contributed by atoms with E-state index in [1.54, 1.807) is 6.07 Å². The molecule has 192 valence electrons. The van der Waals surface area contributed by atoms with Crippen LogP contribution in [0.15, 0.2) is 109 Å². The van der Waals surface area contributed by atoms with Crippen molar-refractivity contribution in [1.82, 2.24) is 0 Å². The lowest BCUT2D eigenvalue weighted by atomic mass is 9.94. The van der Waals surface area contributed by atoms with Gasteiger partial charge in [0.2, 0.25) is 0 Å². The molecule has 0 aliphatic carbocycles. The van der Waals surface area contributed by atoms with Gasteiger partial charge in [-0.25, -0.2) is 4.79 Å². The summed E-state index contributed by atoms with van der Waals surface area (Å²) >= 11 is 0. The molecule has 0 amide bonds. The predicted octanol–water partition coefficient (Wildman–Crippen LogP) is 8.31. The van der Waals surface area contributed by atoms with E-state index in [9.17, 15) is 4.79 Å². The van der Waals surface area contributed by atoms with E-state index >= 15 is 0 Å². The third-order valence-corrected chi connectivity index (χ3v) is 6.63. The van der Waals surface area contributed by atoms with Gasteiger partial charge < -0.3 is 14.2 Å². The fourth-order valence-corrected chi connectivity index (χ4v) is 4.66. The van der Waals surface area contributed by atoms with Crippen molar-refractivity contribution < 1.29 is 19.0 Å². The van der Waals surface area contributed by atoms with Gasteiger partial charge in [-0.05, 0) is 30.0 Å². The molecule has 0 unspecified atom stereocenters. The van der Waals surface area contributed by atoms with Gasteiger partial charge in [-0.1, -0.05) is 123 Å². The quantitative estimate of drug-likeness (QED) is 0.161. The lowest BCUT2D eigenvalue weighted by Crippen LogP contribution is -2.43. The summed E-state index contributed by atoms with van der Waals surface area (Å²) in [6.07, 6.45) is 8.46. The van der Waals surface area contributed by atoms with Crippen molar-refractivity contribution >= 4 is 12.0 Å². The number of hydrogen-bond donors (Lipinski definition) is 0. The van der Waals surface area contributed by atoms with Crippen molar-refractivity contribution in [2.75, 3.05) is 0 Å². The zero-order valence-electron chi connectivity index (χ0n) is 21.6. The maximum Gasteiger partial charge on any atom is 0.346 e. The largest absolute Gasteiger partial charge is 0.489 e. The molecule has 1 aliphatic rings. The Labute approximate surface area is 224 Å². The lowest BCUT2D eigenvalue weighted by Gasteiger charge is -2.38.